The Morgan fingerprint density at radius 3 is 2.44 bits per heavy atom. The summed E-state index contributed by atoms with van der Waals surface area (Å²) < 4.78 is 13.8. The van der Waals surface area contributed by atoms with Gasteiger partial charge >= 0.3 is 0 Å². The zero-order valence-corrected chi connectivity index (χ0v) is 11.7. The van der Waals surface area contributed by atoms with Crippen LogP contribution in [0.2, 0.25) is 0 Å². The van der Waals surface area contributed by atoms with Gasteiger partial charge in [-0.05, 0) is 53.4 Å². The van der Waals surface area contributed by atoms with Gasteiger partial charge in [-0.25, -0.2) is 4.39 Å². The molecule has 1 N–H and O–H groups in total. The molecule has 1 nitrogen and oxygen atoms in total. The second kappa shape index (κ2) is 5.78. The maximum absolute atomic E-state index is 13.3. The second-order valence-electron chi connectivity index (χ2n) is 4.37. The average molecular weight is 288 g/mol. The molecule has 1 aromatic carbocycles. The Morgan fingerprint density at radius 2 is 1.94 bits per heavy atom. The first-order valence-corrected chi connectivity index (χ1v) is 6.49. The highest BCUT2D eigenvalue weighted by Crippen LogP contribution is 2.18. The Kier molecular flexibility index (Phi) is 4.93. The van der Waals surface area contributed by atoms with Gasteiger partial charge in [-0.15, -0.1) is 0 Å². The molecule has 0 saturated carbocycles. The molecular formula is C13H19BrFN. The fraction of sp³-hybridized carbons (Fsp3) is 0.538. The quantitative estimate of drug-likeness (QED) is 0.853. The number of hydrogen-bond acceptors (Lipinski definition) is 1. The minimum Gasteiger partial charge on any atom is -0.307 e. The third-order valence-electron chi connectivity index (χ3n) is 3.26. The smallest absolute Gasteiger partial charge is 0.137 e. The van der Waals surface area contributed by atoms with Gasteiger partial charge in [0.2, 0.25) is 0 Å². The lowest BCUT2D eigenvalue weighted by Gasteiger charge is -2.28. The lowest BCUT2D eigenvalue weighted by molar-refractivity contribution is 0.329. The van der Waals surface area contributed by atoms with E-state index < -0.39 is 0 Å². The molecule has 0 radical (unpaired) electrons. The van der Waals surface area contributed by atoms with Crippen LogP contribution in [-0.4, -0.2) is 5.54 Å². The molecule has 90 valence electrons. The third kappa shape index (κ3) is 3.56. The van der Waals surface area contributed by atoms with E-state index >= 15 is 0 Å². The molecule has 0 amide bonds. The number of halogens is 2. The summed E-state index contributed by atoms with van der Waals surface area (Å²) in [6, 6.07) is 5.26. The standard InChI is InChI=1S/C13H19BrFN/c1-4-13(3,5-2)16-9-10-6-7-11(14)12(15)8-10/h6-8,16H,4-5,9H2,1-3H3. The third-order valence-corrected chi connectivity index (χ3v) is 3.91. The maximum Gasteiger partial charge on any atom is 0.137 e. The predicted molar refractivity (Wildman–Crippen MR) is 69.9 cm³/mol. The fourth-order valence-corrected chi connectivity index (χ4v) is 1.71. The van der Waals surface area contributed by atoms with Gasteiger partial charge in [-0.3, -0.25) is 0 Å². The first-order valence-electron chi connectivity index (χ1n) is 5.69. The fourth-order valence-electron chi connectivity index (χ4n) is 1.47. The molecule has 0 aromatic heterocycles. The van der Waals surface area contributed by atoms with Crippen molar-refractivity contribution < 1.29 is 4.39 Å². The molecule has 1 rings (SSSR count). The summed E-state index contributed by atoms with van der Waals surface area (Å²) in [6.07, 6.45) is 2.14. The van der Waals surface area contributed by atoms with Crippen LogP contribution in [0.1, 0.15) is 39.2 Å². The minimum absolute atomic E-state index is 0.142. The molecule has 16 heavy (non-hydrogen) atoms. The van der Waals surface area contributed by atoms with Crippen molar-refractivity contribution in [2.75, 3.05) is 0 Å². The van der Waals surface area contributed by atoms with Crippen LogP contribution >= 0.6 is 15.9 Å². The Bertz CT molecular complexity index is 348. The Labute approximate surface area is 106 Å². The van der Waals surface area contributed by atoms with Crippen molar-refractivity contribution in [3.63, 3.8) is 0 Å². The normalized spacial score (nSPS) is 11.8. The molecule has 0 unspecified atom stereocenters. The molecule has 0 saturated heterocycles. The summed E-state index contributed by atoms with van der Waals surface area (Å²) in [7, 11) is 0. The number of nitrogens with one attached hydrogen (secondary N) is 1. The summed E-state index contributed by atoms with van der Waals surface area (Å²) >= 11 is 3.15. The van der Waals surface area contributed by atoms with Gasteiger partial charge in [0.25, 0.3) is 0 Å². The van der Waals surface area contributed by atoms with Crippen molar-refractivity contribution >= 4 is 15.9 Å². The van der Waals surface area contributed by atoms with Gasteiger partial charge in [-0.2, -0.15) is 0 Å². The van der Waals surface area contributed by atoms with Crippen LogP contribution in [0.5, 0.6) is 0 Å². The van der Waals surface area contributed by atoms with Crippen molar-refractivity contribution in [1.29, 1.82) is 0 Å². The van der Waals surface area contributed by atoms with E-state index in [9.17, 15) is 4.39 Å². The summed E-state index contributed by atoms with van der Waals surface area (Å²) in [5, 5.41) is 3.48. The van der Waals surface area contributed by atoms with Crippen LogP contribution in [0.25, 0.3) is 0 Å². The molecule has 1 aromatic rings. The second-order valence-corrected chi connectivity index (χ2v) is 5.22. The highest BCUT2D eigenvalue weighted by molar-refractivity contribution is 9.10. The van der Waals surface area contributed by atoms with Crippen LogP contribution in [0.15, 0.2) is 22.7 Å². The van der Waals surface area contributed by atoms with Gasteiger partial charge < -0.3 is 5.32 Å². The monoisotopic (exact) mass is 287 g/mol. The van der Waals surface area contributed by atoms with Crippen molar-refractivity contribution in [3.05, 3.63) is 34.1 Å². The number of benzene rings is 1. The Morgan fingerprint density at radius 1 is 1.31 bits per heavy atom. The van der Waals surface area contributed by atoms with Crippen molar-refractivity contribution in [1.82, 2.24) is 5.32 Å². The molecule has 0 spiro atoms. The number of hydrogen-bond donors (Lipinski definition) is 1. The molecular weight excluding hydrogens is 269 g/mol. The van der Waals surface area contributed by atoms with E-state index in [1.807, 2.05) is 6.07 Å². The zero-order chi connectivity index (χ0) is 12.2. The Balaban J connectivity index is 2.64. The van der Waals surface area contributed by atoms with Gasteiger partial charge in [0.1, 0.15) is 5.82 Å². The largest absolute Gasteiger partial charge is 0.307 e. The van der Waals surface area contributed by atoms with Crippen molar-refractivity contribution in [2.24, 2.45) is 0 Å². The van der Waals surface area contributed by atoms with Gasteiger partial charge in [0.15, 0.2) is 0 Å². The first-order chi connectivity index (χ1) is 7.50. The SMILES string of the molecule is CCC(C)(CC)NCc1ccc(Br)c(F)c1. The van der Waals surface area contributed by atoms with Crippen LogP contribution in [0, 0.1) is 5.82 Å². The zero-order valence-electron chi connectivity index (χ0n) is 10.1. The van der Waals surface area contributed by atoms with Crippen LogP contribution in [-0.2, 0) is 6.54 Å². The molecule has 0 atom stereocenters. The topological polar surface area (TPSA) is 12.0 Å². The van der Waals surface area contributed by atoms with Crippen molar-refractivity contribution in [2.45, 2.75) is 45.7 Å². The van der Waals surface area contributed by atoms with Crippen molar-refractivity contribution in [3.8, 4) is 0 Å². The summed E-state index contributed by atoms with van der Waals surface area (Å²) in [5.41, 5.74) is 1.12. The predicted octanol–water partition coefficient (Wildman–Crippen LogP) is 4.26. The van der Waals surface area contributed by atoms with E-state index in [0.29, 0.717) is 11.0 Å². The van der Waals surface area contributed by atoms with Gasteiger partial charge in [0, 0.05) is 12.1 Å². The highest BCUT2D eigenvalue weighted by Gasteiger charge is 2.18. The van der Waals surface area contributed by atoms with Crippen LogP contribution in [0.3, 0.4) is 0 Å². The van der Waals surface area contributed by atoms with E-state index in [1.165, 1.54) is 0 Å². The Hall–Kier alpha value is -0.410. The summed E-state index contributed by atoms with van der Waals surface area (Å²) in [6.45, 7) is 7.24. The summed E-state index contributed by atoms with van der Waals surface area (Å²) in [4.78, 5) is 0. The summed E-state index contributed by atoms with van der Waals surface area (Å²) in [5.74, 6) is -0.200. The molecule has 0 aliphatic carbocycles. The van der Waals surface area contributed by atoms with Gasteiger partial charge in [0.05, 0.1) is 4.47 Å². The highest BCUT2D eigenvalue weighted by atomic mass is 79.9. The maximum atomic E-state index is 13.3. The van der Waals surface area contributed by atoms with E-state index in [4.69, 9.17) is 0 Å². The molecule has 0 aliphatic rings. The molecule has 0 aliphatic heterocycles. The molecule has 3 heteroatoms. The average Bonchev–Trinajstić information content (AvgIpc) is 2.30. The minimum atomic E-state index is -0.200. The van der Waals surface area contributed by atoms with E-state index in [-0.39, 0.29) is 11.4 Å². The van der Waals surface area contributed by atoms with Crippen LogP contribution < -0.4 is 5.32 Å². The van der Waals surface area contributed by atoms with Crippen LogP contribution in [0.4, 0.5) is 4.39 Å². The number of rotatable bonds is 5. The van der Waals surface area contributed by atoms with E-state index in [2.05, 4.69) is 42.0 Å². The molecule has 0 heterocycles. The van der Waals surface area contributed by atoms with Gasteiger partial charge in [-0.1, -0.05) is 19.9 Å². The van der Waals surface area contributed by atoms with E-state index in [0.717, 1.165) is 18.4 Å². The first kappa shape index (κ1) is 13.7. The molecule has 0 fully saturated rings. The molecule has 0 bridgehead atoms. The lowest BCUT2D eigenvalue weighted by atomic mass is 9.95. The van der Waals surface area contributed by atoms with E-state index in [1.54, 1.807) is 12.1 Å². The lowest BCUT2D eigenvalue weighted by Crippen LogP contribution is -2.40.